The van der Waals surface area contributed by atoms with Crippen molar-refractivity contribution in [3.05, 3.63) is 77.2 Å². The van der Waals surface area contributed by atoms with Crippen molar-refractivity contribution in [2.45, 2.75) is 75.0 Å². The molecule has 1 saturated carbocycles. The van der Waals surface area contributed by atoms with Crippen molar-refractivity contribution in [1.82, 2.24) is 14.9 Å². The molecule has 2 aromatic carbocycles. The molecular formula is C27H32ClFN4O3S. The number of amides is 1. The number of hydrogen-bond acceptors (Lipinski definition) is 5. The Hall–Kier alpha value is -2.91. The van der Waals surface area contributed by atoms with E-state index in [-0.39, 0.29) is 34.8 Å². The summed E-state index contributed by atoms with van der Waals surface area (Å²) < 4.78 is 42.4. The maximum absolute atomic E-state index is 14.1. The predicted octanol–water partition coefficient (Wildman–Crippen LogP) is 4.78. The number of nitrogens with one attached hydrogen (secondary N) is 2. The van der Waals surface area contributed by atoms with Crippen LogP contribution in [-0.4, -0.2) is 42.1 Å². The van der Waals surface area contributed by atoms with Crippen molar-refractivity contribution < 1.29 is 17.6 Å². The third-order valence-electron chi connectivity index (χ3n) is 6.80. The number of hydrogen-bond donors (Lipinski definition) is 2. The smallest absolute Gasteiger partial charge is 0.264 e. The summed E-state index contributed by atoms with van der Waals surface area (Å²) in [7, 11) is -3.97. The molecule has 0 radical (unpaired) electrons. The lowest BCUT2D eigenvalue weighted by molar-refractivity contribution is -0.125. The van der Waals surface area contributed by atoms with E-state index >= 15 is 0 Å². The van der Waals surface area contributed by atoms with Crippen molar-refractivity contribution in [3.8, 4) is 0 Å². The lowest BCUT2D eigenvalue weighted by Crippen LogP contribution is -2.55. The molecular weight excluding hydrogens is 515 g/mol. The zero-order valence-electron chi connectivity index (χ0n) is 21.0. The molecule has 0 bridgehead atoms. The van der Waals surface area contributed by atoms with Gasteiger partial charge in [-0.2, -0.15) is 0 Å². The van der Waals surface area contributed by atoms with Gasteiger partial charge in [0.05, 0.1) is 27.8 Å². The van der Waals surface area contributed by atoms with E-state index in [0.717, 1.165) is 19.3 Å². The molecule has 2 aromatic rings. The number of sulfonamides is 1. The molecule has 1 heterocycles. The van der Waals surface area contributed by atoms with Crippen molar-refractivity contribution in [3.63, 3.8) is 0 Å². The lowest BCUT2D eigenvalue weighted by Gasteiger charge is -2.30. The molecule has 198 valence electrons. The molecule has 10 heteroatoms. The number of halogens is 2. The van der Waals surface area contributed by atoms with Gasteiger partial charge in [0, 0.05) is 18.2 Å². The molecule has 1 amide bonds. The fourth-order valence-corrected chi connectivity index (χ4v) is 6.04. The zero-order chi connectivity index (χ0) is 26.8. The van der Waals surface area contributed by atoms with Crippen molar-refractivity contribution >= 4 is 33.4 Å². The van der Waals surface area contributed by atoms with Crippen LogP contribution in [-0.2, 0) is 21.4 Å². The Bertz CT molecular complexity index is 1310. The molecule has 37 heavy (non-hydrogen) atoms. The Labute approximate surface area is 222 Å². The molecule has 1 aliphatic heterocycles. The van der Waals surface area contributed by atoms with Gasteiger partial charge in [-0.25, -0.2) is 12.8 Å². The summed E-state index contributed by atoms with van der Waals surface area (Å²) in [6.45, 7) is 7.74. The van der Waals surface area contributed by atoms with E-state index in [1.165, 1.54) is 28.6 Å². The molecule has 0 aromatic heterocycles. The molecule has 0 unspecified atom stereocenters. The van der Waals surface area contributed by atoms with E-state index in [1.807, 2.05) is 13.8 Å². The highest BCUT2D eigenvalue weighted by Crippen LogP contribution is 2.28. The average Bonchev–Trinajstić information content (AvgIpc) is 3.15. The highest BCUT2D eigenvalue weighted by molar-refractivity contribution is 7.89. The van der Waals surface area contributed by atoms with E-state index in [1.54, 1.807) is 24.3 Å². The first-order valence-corrected chi connectivity index (χ1v) is 14.1. The second kappa shape index (κ2) is 10.8. The number of aliphatic imine (C=N–C) groups is 1. The Balaban J connectivity index is 1.49. The van der Waals surface area contributed by atoms with Gasteiger partial charge < -0.3 is 10.6 Å². The first-order chi connectivity index (χ1) is 17.5. The Morgan fingerprint density at radius 3 is 2.57 bits per heavy atom. The number of amidine groups is 1. The van der Waals surface area contributed by atoms with Crippen LogP contribution in [0.1, 0.15) is 51.5 Å². The van der Waals surface area contributed by atoms with Gasteiger partial charge in [0.25, 0.3) is 10.0 Å². The number of rotatable bonds is 10. The highest BCUT2D eigenvalue weighted by Gasteiger charge is 2.41. The van der Waals surface area contributed by atoms with Gasteiger partial charge in [0.15, 0.2) is 0 Å². The molecule has 7 nitrogen and oxygen atoms in total. The van der Waals surface area contributed by atoms with E-state index < -0.39 is 27.4 Å². The Kier molecular flexibility index (Phi) is 7.94. The maximum Gasteiger partial charge on any atom is 0.264 e. The van der Waals surface area contributed by atoms with Crippen LogP contribution in [0.3, 0.4) is 0 Å². The molecule has 4 rings (SSSR count). The Morgan fingerprint density at radius 1 is 1.24 bits per heavy atom. The largest absolute Gasteiger partial charge is 0.360 e. The minimum atomic E-state index is -3.97. The van der Waals surface area contributed by atoms with Crippen LogP contribution in [0.2, 0.25) is 5.02 Å². The van der Waals surface area contributed by atoms with Crippen LogP contribution >= 0.6 is 11.6 Å². The molecule has 0 saturated heterocycles. The first-order valence-electron chi connectivity index (χ1n) is 12.3. The number of carbonyl (C=O) groups is 1. The minimum absolute atomic E-state index is 0.0381. The van der Waals surface area contributed by atoms with Crippen molar-refractivity contribution in [2.24, 2.45) is 4.99 Å². The van der Waals surface area contributed by atoms with Crippen LogP contribution in [0, 0.1) is 5.82 Å². The van der Waals surface area contributed by atoms with Crippen LogP contribution < -0.4 is 10.6 Å². The van der Waals surface area contributed by atoms with Gasteiger partial charge in [-0.05, 0) is 69.4 Å². The zero-order valence-corrected chi connectivity index (χ0v) is 22.6. The number of nitrogens with zero attached hydrogens (tertiary/aromatic N) is 2. The monoisotopic (exact) mass is 546 g/mol. The van der Waals surface area contributed by atoms with Gasteiger partial charge in [-0.15, -0.1) is 0 Å². The average molecular weight is 547 g/mol. The first kappa shape index (κ1) is 27.1. The van der Waals surface area contributed by atoms with Crippen LogP contribution in [0.15, 0.2) is 70.7 Å². The maximum atomic E-state index is 14.1. The third-order valence-corrected chi connectivity index (χ3v) is 8.94. The normalized spacial score (nSPS) is 18.9. The highest BCUT2D eigenvalue weighted by atomic mass is 35.5. The molecule has 2 N–H and O–H groups in total. The summed E-state index contributed by atoms with van der Waals surface area (Å²) in [6.07, 6.45) is 3.75. The summed E-state index contributed by atoms with van der Waals surface area (Å²) in [5.41, 5.74) is 0.123. The van der Waals surface area contributed by atoms with Crippen LogP contribution in [0.5, 0.6) is 0 Å². The van der Waals surface area contributed by atoms with Crippen LogP contribution in [0.25, 0.3) is 0 Å². The number of benzene rings is 2. The standard InChI is InChI=1S/C27H32ClFN4O3S/c1-18(12-15-24-31-25(27(2,3)32-24)26(34)30-20-8-7-9-20)33(17-19-13-14-22(28)23(29)16-19)37(35,36)21-10-5-4-6-11-21/h4-6,10-11,13-14,16,20,25H,1,7-9,12,15,17H2,2-3H3,(H,30,34)(H,31,32)/t25-/m0/s1. The molecule has 0 spiro atoms. The molecule has 1 fully saturated rings. The second-order valence-corrected chi connectivity index (χ2v) is 12.3. The summed E-state index contributed by atoms with van der Waals surface area (Å²) in [5, 5.41) is 6.26. The summed E-state index contributed by atoms with van der Waals surface area (Å²) in [5.74, 6) is -0.0837. The lowest BCUT2D eigenvalue weighted by atomic mass is 9.91. The van der Waals surface area contributed by atoms with Gasteiger partial charge in [-0.3, -0.25) is 14.1 Å². The molecule has 1 aliphatic carbocycles. The second-order valence-electron chi connectivity index (χ2n) is 10.1. The fraction of sp³-hybridized carbons (Fsp3) is 0.407. The summed E-state index contributed by atoms with van der Waals surface area (Å²) in [4.78, 5) is 17.6. The van der Waals surface area contributed by atoms with E-state index in [0.29, 0.717) is 23.5 Å². The van der Waals surface area contributed by atoms with Gasteiger partial charge in [-0.1, -0.05) is 42.4 Å². The van der Waals surface area contributed by atoms with Gasteiger partial charge in [0.1, 0.15) is 11.9 Å². The van der Waals surface area contributed by atoms with Gasteiger partial charge >= 0.3 is 0 Å². The van der Waals surface area contributed by atoms with E-state index in [9.17, 15) is 17.6 Å². The van der Waals surface area contributed by atoms with Crippen molar-refractivity contribution in [2.75, 3.05) is 0 Å². The van der Waals surface area contributed by atoms with E-state index in [2.05, 4.69) is 17.2 Å². The summed E-state index contributed by atoms with van der Waals surface area (Å²) in [6, 6.07) is 12.0. The van der Waals surface area contributed by atoms with Crippen LogP contribution in [0.4, 0.5) is 4.39 Å². The third kappa shape index (κ3) is 6.15. The van der Waals surface area contributed by atoms with E-state index in [4.69, 9.17) is 16.6 Å². The predicted molar refractivity (Wildman–Crippen MR) is 143 cm³/mol. The summed E-state index contributed by atoms with van der Waals surface area (Å²) >= 11 is 5.81. The topological polar surface area (TPSA) is 90.9 Å². The quantitative estimate of drug-likeness (QED) is 0.448. The SMILES string of the molecule is C=C(CCC1=NC(C)(C)[C@H](C(=O)NC2CCC2)N1)N(Cc1ccc(Cl)c(F)c1)S(=O)(=O)c1ccccc1. The van der Waals surface area contributed by atoms with Crippen molar-refractivity contribution in [1.29, 1.82) is 0 Å². The fourth-order valence-electron chi connectivity index (χ4n) is 4.42. The van der Waals surface area contributed by atoms with Gasteiger partial charge in [0.2, 0.25) is 5.91 Å². The number of allylic oxidation sites excluding steroid dienone is 1. The minimum Gasteiger partial charge on any atom is -0.360 e. The number of carbonyl (C=O) groups excluding carboxylic acids is 1. The Morgan fingerprint density at radius 2 is 1.95 bits per heavy atom. The molecule has 1 atom stereocenters. The molecule has 2 aliphatic rings.